The summed E-state index contributed by atoms with van der Waals surface area (Å²) in [6.45, 7) is 9.05. The van der Waals surface area contributed by atoms with E-state index in [0.29, 0.717) is 0 Å². The van der Waals surface area contributed by atoms with E-state index in [0.717, 1.165) is 6.04 Å². The highest BCUT2D eigenvalue weighted by molar-refractivity contribution is 4.84. The lowest BCUT2D eigenvalue weighted by atomic mass is 9.99. The molecular formula is C18H36N2. The van der Waals surface area contributed by atoms with Gasteiger partial charge in [0.25, 0.3) is 0 Å². The molecule has 0 aromatic rings. The van der Waals surface area contributed by atoms with Crippen LogP contribution in [0.25, 0.3) is 0 Å². The third-order valence-corrected chi connectivity index (χ3v) is 5.25. The third kappa shape index (κ3) is 5.73. The second-order valence-corrected chi connectivity index (χ2v) is 6.96. The Kier molecular flexibility index (Phi) is 7.97. The van der Waals surface area contributed by atoms with Gasteiger partial charge in [0.1, 0.15) is 0 Å². The zero-order chi connectivity index (χ0) is 14.0. The quantitative estimate of drug-likeness (QED) is 0.581. The molecule has 2 rings (SSSR count). The highest BCUT2D eigenvalue weighted by atomic mass is 15.3. The molecule has 2 heteroatoms. The molecule has 1 unspecified atom stereocenters. The summed E-state index contributed by atoms with van der Waals surface area (Å²) in [5.41, 5.74) is 0. The molecule has 0 aromatic heterocycles. The van der Waals surface area contributed by atoms with Gasteiger partial charge < -0.3 is 4.90 Å². The van der Waals surface area contributed by atoms with Gasteiger partial charge in [-0.3, -0.25) is 4.90 Å². The smallest absolute Gasteiger partial charge is 0.0223 e. The Bertz CT molecular complexity index is 242. The van der Waals surface area contributed by atoms with Gasteiger partial charge in [-0.2, -0.15) is 0 Å². The molecule has 2 nitrogen and oxygen atoms in total. The molecule has 0 aliphatic carbocycles. The van der Waals surface area contributed by atoms with Crippen LogP contribution in [0.15, 0.2) is 0 Å². The van der Waals surface area contributed by atoms with Crippen molar-refractivity contribution < 1.29 is 0 Å². The fourth-order valence-electron chi connectivity index (χ4n) is 3.89. The van der Waals surface area contributed by atoms with E-state index in [1.807, 2.05) is 0 Å². The first-order valence-corrected chi connectivity index (χ1v) is 9.36. The summed E-state index contributed by atoms with van der Waals surface area (Å²) in [5, 5.41) is 0. The Balaban J connectivity index is 1.46. The maximum atomic E-state index is 2.74. The standard InChI is InChI=1S/C18H36N2/c1-2-3-4-5-6-7-8-10-13-19-15-16-20-14-11-9-12-18(20)17-19/h18H,2-17H2,1H3. The summed E-state index contributed by atoms with van der Waals surface area (Å²) in [5.74, 6) is 0. The monoisotopic (exact) mass is 280 g/mol. The van der Waals surface area contributed by atoms with Crippen LogP contribution < -0.4 is 0 Å². The maximum absolute atomic E-state index is 2.74. The predicted octanol–water partition coefficient (Wildman–Crippen LogP) is 4.30. The molecule has 2 aliphatic heterocycles. The molecule has 0 N–H and O–H groups in total. The Morgan fingerprint density at radius 2 is 1.55 bits per heavy atom. The highest BCUT2D eigenvalue weighted by Crippen LogP contribution is 2.21. The number of piperidine rings is 1. The summed E-state index contributed by atoms with van der Waals surface area (Å²) in [7, 11) is 0. The van der Waals surface area contributed by atoms with Crippen molar-refractivity contribution in [3.05, 3.63) is 0 Å². The normalized spacial score (nSPS) is 24.8. The summed E-state index contributed by atoms with van der Waals surface area (Å²) in [4.78, 5) is 5.48. The van der Waals surface area contributed by atoms with Gasteiger partial charge in [0, 0.05) is 25.7 Å². The molecule has 20 heavy (non-hydrogen) atoms. The maximum Gasteiger partial charge on any atom is 0.0223 e. The number of hydrogen-bond donors (Lipinski definition) is 0. The summed E-state index contributed by atoms with van der Waals surface area (Å²) < 4.78 is 0. The van der Waals surface area contributed by atoms with Crippen molar-refractivity contribution >= 4 is 0 Å². The Morgan fingerprint density at radius 3 is 2.35 bits per heavy atom. The van der Waals surface area contributed by atoms with E-state index in [2.05, 4.69) is 16.7 Å². The molecule has 0 bridgehead atoms. The van der Waals surface area contributed by atoms with Gasteiger partial charge >= 0.3 is 0 Å². The number of fused-ring (bicyclic) bond motifs is 1. The van der Waals surface area contributed by atoms with Crippen molar-refractivity contribution in [1.29, 1.82) is 0 Å². The SMILES string of the molecule is CCCCCCCCCCN1CCN2CCCCC2C1. The first-order valence-electron chi connectivity index (χ1n) is 9.36. The van der Waals surface area contributed by atoms with Gasteiger partial charge in [-0.1, -0.05) is 58.3 Å². The molecule has 2 saturated heterocycles. The van der Waals surface area contributed by atoms with E-state index in [4.69, 9.17) is 0 Å². The molecule has 2 aliphatic rings. The van der Waals surface area contributed by atoms with Crippen molar-refractivity contribution in [3.63, 3.8) is 0 Å². The van der Waals surface area contributed by atoms with Gasteiger partial charge in [0.05, 0.1) is 0 Å². The topological polar surface area (TPSA) is 6.48 Å². The molecule has 0 aromatic carbocycles. The molecular weight excluding hydrogens is 244 g/mol. The van der Waals surface area contributed by atoms with Crippen LogP contribution in [0, 0.1) is 0 Å². The van der Waals surface area contributed by atoms with Crippen LogP contribution in [0.1, 0.15) is 77.6 Å². The first-order chi connectivity index (χ1) is 9.90. The summed E-state index contributed by atoms with van der Waals surface area (Å²) in [6, 6.07) is 0.895. The van der Waals surface area contributed by atoms with Crippen molar-refractivity contribution in [1.82, 2.24) is 9.80 Å². The van der Waals surface area contributed by atoms with Crippen LogP contribution in [0.2, 0.25) is 0 Å². The van der Waals surface area contributed by atoms with E-state index < -0.39 is 0 Å². The molecule has 0 saturated carbocycles. The minimum atomic E-state index is 0.895. The first kappa shape index (κ1) is 16.3. The van der Waals surface area contributed by atoms with Crippen LogP contribution >= 0.6 is 0 Å². The highest BCUT2D eigenvalue weighted by Gasteiger charge is 2.28. The van der Waals surface area contributed by atoms with Gasteiger partial charge in [-0.05, 0) is 32.4 Å². The third-order valence-electron chi connectivity index (χ3n) is 5.25. The predicted molar refractivity (Wildman–Crippen MR) is 88.3 cm³/mol. The van der Waals surface area contributed by atoms with E-state index in [1.165, 1.54) is 103 Å². The average Bonchev–Trinajstić information content (AvgIpc) is 2.50. The lowest BCUT2D eigenvalue weighted by Gasteiger charge is -2.44. The number of piperazine rings is 1. The second-order valence-electron chi connectivity index (χ2n) is 6.96. The van der Waals surface area contributed by atoms with Crippen molar-refractivity contribution in [3.8, 4) is 0 Å². The molecule has 2 heterocycles. The number of rotatable bonds is 9. The van der Waals surface area contributed by atoms with Crippen LogP contribution in [-0.4, -0.2) is 48.6 Å². The molecule has 0 spiro atoms. The zero-order valence-electron chi connectivity index (χ0n) is 13.8. The molecule has 1 atom stereocenters. The summed E-state index contributed by atoms with van der Waals surface area (Å²) >= 11 is 0. The van der Waals surface area contributed by atoms with E-state index in [1.54, 1.807) is 0 Å². The Labute approximate surface area is 126 Å². The molecule has 118 valence electrons. The number of nitrogens with zero attached hydrogens (tertiary/aromatic N) is 2. The molecule has 0 radical (unpaired) electrons. The fourth-order valence-corrected chi connectivity index (χ4v) is 3.89. The molecule has 0 amide bonds. The largest absolute Gasteiger partial charge is 0.301 e. The van der Waals surface area contributed by atoms with Crippen molar-refractivity contribution in [2.75, 3.05) is 32.7 Å². The van der Waals surface area contributed by atoms with Gasteiger partial charge in [0.15, 0.2) is 0 Å². The van der Waals surface area contributed by atoms with E-state index in [-0.39, 0.29) is 0 Å². The van der Waals surface area contributed by atoms with Crippen LogP contribution in [-0.2, 0) is 0 Å². The lowest BCUT2D eigenvalue weighted by Crippen LogP contribution is -2.54. The Hall–Kier alpha value is -0.0800. The fraction of sp³-hybridized carbons (Fsp3) is 1.00. The average molecular weight is 280 g/mol. The number of hydrogen-bond acceptors (Lipinski definition) is 2. The Morgan fingerprint density at radius 1 is 0.800 bits per heavy atom. The van der Waals surface area contributed by atoms with Crippen LogP contribution in [0.4, 0.5) is 0 Å². The minimum Gasteiger partial charge on any atom is -0.301 e. The zero-order valence-corrected chi connectivity index (χ0v) is 13.8. The van der Waals surface area contributed by atoms with Gasteiger partial charge in [-0.15, -0.1) is 0 Å². The van der Waals surface area contributed by atoms with E-state index in [9.17, 15) is 0 Å². The second kappa shape index (κ2) is 9.78. The van der Waals surface area contributed by atoms with Crippen molar-refractivity contribution in [2.24, 2.45) is 0 Å². The summed E-state index contributed by atoms with van der Waals surface area (Å²) in [6.07, 6.45) is 15.9. The van der Waals surface area contributed by atoms with Crippen LogP contribution in [0.3, 0.4) is 0 Å². The minimum absolute atomic E-state index is 0.895. The van der Waals surface area contributed by atoms with E-state index >= 15 is 0 Å². The lowest BCUT2D eigenvalue weighted by molar-refractivity contribution is 0.0486. The van der Waals surface area contributed by atoms with Crippen LogP contribution in [0.5, 0.6) is 0 Å². The van der Waals surface area contributed by atoms with Crippen molar-refractivity contribution in [2.45, 2.75) is 83.6 Å². The van der Waals surface area contributed by atoms with Gasteiger partial charge in [-0.25, -0.2) is 0 Å². The molecule has 2 fully saturated rings. The van der Waals surface area contributed by atoms with Gasteiger partial charge in [0.2, 0.25) is 0 Å². The number of unbranched alkanes of at least 4 members (excludes halogenated alkanes) is 7.